The molecule has 192 valence electrons. The number of aryl methyl sites for hydroxylation is 1. The predicted molar refractivity (Wildman–Crippen MR) is 139 cm³/mol. The number of aromatic nitrogens is 3. The van der Waals surface area contributed by atoms with Gasteiger partial charge < -0.3 is 14.7 Å². The molecule has 5 rings (SSSR count). The molecule has 36 heavy (non-hydrogen) atoms. The second-order valence-electron chi connectivity index (χ2n) is 10.8. The van der Waals surface area contributed by atoms with Crippen LogP contribution in [0.1, 0.15) is 94.6 Å². The Morgan fingerprint density at radius 1 is 1.14 bits per heavy atom. The number of unbranched alkanes of at least 4 members (excludes halogenated alkanes) is 2. The van der Waals surface area contributed by atoms with E-state index in [9.17, 15) is 4.79 Å². The fourth-order valence-electron chi connectivity index (χ4n) is 5.57. The summed E-state index contributed by atoms with van der Waals surface area (Å²) in [5, 5.41) is 9.05. The van der Waals surface area contributed by atoms with Gasteiger partial charge in [-0.15, -0.1) is 0 Å². The largest absolute Gasteiger partial charge is 0.481 e. The summed E-state index contributed by atoms with van der Waals surface area (Å²) in [5.41, 5.74) is 3.00. The molecule has 2 aromatic rings. The van der Waals surface area contributed by atoms with E-state index in [1.54, 1.807) is 0 Å². The number of rotatable bonds is 10. The third-order valence-corrected chi connectivity index (χ3v) is 7.64. The van der Waals surface area contributed by atoms with Crippen LogP contribution < -0.4 is 9.64 Å². The summed E-state index contributed by atoms with van der Waals surface area (Å²) in [5.74, 6) is 3.86. The first kappa shape index (κ1) is 24.7. The normalized spacial score (nSPS) is 20.8. The SMILES string of the molecule is CC(C)CCCCCc1nc2c3c(n1)OCCN(c1ccc([C@H]4CC[C@@H](CC(=O)O)CC4)nc1)C3=N2. The molecular weight excluding hydrogens is 454 g/mol. The van der Waals surface area contributed by atoms with Gasteiger partial charge >= 0.3 is 5.97 Å². The maximum atomic E-state index is 11.0. The van der Waals surface area contributed by atoms with Gasteiger partial charge in [-0.3, -0.25) is 9.78 Å². The Morgan fingerprint density at radius 2 is 1.97 bits per heavy atom. The second kappa shape index (κ2) is 10.9. The van der Waals surface area contributed by atoms with Crippen molar-refractivity contribution >= 4 is 23.3 Å². The third-order valence-electron chi connectivity index (χ3n) is 7.64. The highest BCUT2D eigenvalue weighted by Gasteiger charge is 2.35. The molecule has 1 aliphatic carbocycles. The van der Waals surface area contributed by atoms with E-state index in [-0.39, 0.29) is 6.42 Å². The molecule has 8 nitrogen and oxygen atoms in total. The molecule has 0 bridgehead atoms. The number of carboxylic acids is 1. The Morgan fingerprint density at radius 3 is 2.69 bits per heavy atom. The van der Waals surface area contributed by atoms with Crippen LogP contribution in [0, 0.1) is 11.8 Å². The van der Waals surface area contributed by atoms with Gasteiger partial charge in [0.1, 0.15) is 18.0 Å². The number of pyridine rings is 1. The molecule has 2 aromatic heterocycles. The van der Waals surface area contributed by atoms with Crippen LogP contribution in [-0.4, -0.2) is 45.0 Å². The first-order valence-corrected chi connectivity index (χ1v) is 13.6. The Bertz CT molecular complexity index is 1110. The maximum Gasteiger partial charge on any atom is 0.303 e. The second-order valence-corrected chi connectivity index (χ2v) is 10.8. The summed E-state index contributed by atoms with van der Waals surface area (Å²) in [6.07, 6.45) is 11.8. The lowest BCUT2D eigenvalue weighted by atomic mass is 9.79. The van der Waals surface area contributed by atoms with Crippen molar-refractivity contribution < 1.29 is 14.6 Å². The molecular formula is C28H37N5O3. The van der Waals surface area contributed by atoms with E-state index in [1.165, 1.54) is 19.3 Å². The lowest BCUT2D eigenvalue weighted by molar-refractivity contribution is -0.138. The van der Waals surface area contributed by atoms with Crippen LogP contribution in [0.5, 0.6) is 5.88 Å². The molecule has 0 unspecified atom stereocenters. The molecule has 8 heteroatoms. The molecule has 0 atom stereocenters. The molecule has 1 N–H and O–H groups in total. The topological polar surface area (TPSA) is 101 Å². The number of ether oxygens (including phenoxy) is 1. The van der Waals surface area contributed by atoms with Crippen molar-refractivity contribution in [1.82, 2.24) is 15.0 Å². The first-order valence-electron chi connectivity index (χ1n) is 13.6. The van der Waals surface area contributed by atoms with Crippen LogP contribution in [0.25, 0.3) is 0 Å². The van der Waals surface area contributed by atoms with Crippen molar-refractivity contribution in [3.63, 3.8) is 0 Å². The number of hydrogen-bond acceptors (Lipinski definition) is 7. The average molecular weight is 492 g/mol. The number of nitrogens with zero attached hydrogens (tertiary/aromatic N) is 5. The molecule has 1 saturated carbocycles. The number of aliphatic imine (C=N–C) groups is 1. The summed E-state index contributed by atoms with van der Waals surface area (Å²) in [6, 6.07) is 4.23. The molecule has 0 aromatic carbocycles. The fraction of sp³-hybridized carbons (Fsp3) is 0.607. The molecule has 2 aliphatic heterocycles. The smallest absolute Gasteiger partial charge is 0.303 e. The summed E-state index contributed by atoms with van der Waals surface area (Å²) in [6.45, 7) is 5.75. The van der Waals surface area contributed by atoms with Gasteiger partial charge in [0.15, 0.2) is 11.7 Å². The van der Waals surface area contributed by atoms with Gasteiger partial charge in [-0.1, -0.05) is 33.1 Å². The minimum Gasteiger partial charge on any atom is -0.481 e. The van der Waals surface area contributed by atoms with Crippen LogP contribution in [0.2, 0.25) is 0 Å². The van der Waals surface area contributed by atoms with Gasteiger partial charge in [0.05, 0.1) is 18.4 Å². The molecule has 3 aliphatic rings. The number of carbonyl (C=O) groups is 1. The summed E-state index contributed by atoms with van der Waals surface area (Å²) in [4.78, 5) is 32.1. The monoisotopic (exact) mass is 491 g/mol. The van der Waals surface area contributed by atoms with Crippen molar-refractivity contribution in [2.24, 2.45) is 16.8 Å². The Kier molecular flexibility index (Phi) is 7.48. The number of carboxylic acid groups (broad SMARTS) is 1. The van der Waals surface area contributed by atoms with Gasteiger partial charge in [0, 0.05) is 24.5 Å². The first-order chi connectivity index (χ1) is 17.5. The zero-order chi connectivity index (χ0) is 25.1. The fourth-order valence-corrected chi connectivity index (χ4v) is 5.57. The van der Waals surface area contributed by atoms with E-state index in [0.717, 1.165) is 78.9 Å². The minimum atomic E-state index is -0.690. The van der Waals surface area contributed by atoms with Crippen molar-refractivity contribution in [1.29, 1.82) is 0 Å². The predicted octanol–water partition coefficient (Wildman–Crippen LogP) is 5.67. The molecule has 1 fully saturated rings. The lowest BCUT2D eigenvalue weighted by Gasteiger charge is -2.29. The molecule has 0 amide bonds. The maximum absolute atomic E-state index is 11.0. The van der Waals surface area contributed by atoms with Crippen LogP contribution >= 0.6 is 0 Å². The van der Waals surface area contributed by atoms with E-state index in [1.807, 2.05) is 6.20 Å². The van der Waals surface area contributed by atoms with Crippen molar-refractivity contribution in [3.8, 4) is 5.88 Å². The molecule has 0 saturated heterocycles. The van der Waals surface area contributed by atoms with Gasteiger partial charge in [-0.2, -0.15) is 4.98 Å². The average Bonchev–Trinajstić information content (AvgIpc) is 3.00. The highest BCUT2D eigenvalue weighted by molar-refractivity contribution is 6.20. The van der Waals surface area contributed by atoms with Crippen LogP contribution in [0.15, 0.2) is 23.3 Å². The highest BCUT2D eigenvalue weighted by atomic mass is 16.5. The van der Waals surface area contributed by atoms with Crippen LogP contribution in [0.4, 0.5) is 11.5 Å². The van der Waals surface area contributed by atoms with Crippen molar-refractivity contribution in [2.45, 2.75) is 84.0 Å². The highest BCUT2D eigenvalue weighted by Crippen LogP contribution is 2.40. The van der Waals surface area contributed by atoms with Gasteiger partial charge in [0.2, 0.25) is 5.88 Å². The number of amidine groups is 1. The van der Waals surface area contributed by atoms with E-state index >= 15 is 0 Å². The van der Waals surface area contributed by atoms with E-state index in [2.05, 4.69) is 30.9 Å². The van der Waals surface area contributed by atoms with E-state index in [4.69, 9.17) is 29.8 Å². The van der Waals surface area contributed by atoms with Crippen molar-refractivity contribution in [3.05, 3.63) is 35.4 Å². The molecule has 0 spiro atoms. The lowest BCUT2D eigenvalue weighted by Crippen LogP contribution is -2.36. The summed E-state index contributed by atoms with van der Waals surface area (Å²) < 4.78 is 6.03. The zero-order valence-electron chi connectivity index (χ0n) is 21.4. The van der Waals surface area contributed by atoms with Gasteiger partial charge in [-0.05, 0) is 56.1 Å². The van der Waals surface area contributed by atoms with Crippen LogP contribution in [-0.2, 0) is 11.2 Å². The summed E-state index contributed by atoms with van der Waals surface area (Å²) >= 11 is 0. The Balaban J connectivity index is 1.21. The summed E-state index contributed by atoms with van der Waals surface area (Å²) in [7, 11) is 0. The van der Waals surface area contributed by atoms with E-state index in [0.29, 0.717) is 30.9 Å². The van der Waals surface area contributed by atoms with E-state index < -0.39 is 5.97 Å². The molecule has 0 radical (unpaired) electrons. The van der Waals surface area contributed by atoms with Gasteiger partial charge in [-0.25, -0.2) is 9.98 Å². The number of aliphatic carboxylic acids is 1. The van der Waals surface area contributed by atoms with Crippen LogP contribution in [0.3, 0.4) is 0 Å². The zero-order valence-corrected chi connectivity index (χ0v) is 21.4. The third kappa shape index (κ3) is 5.52. The quantitative estimate of drug-likeness (QED) is 0.427. The van der Waals surface area contributed by atoms with Gasteiger partial charge in [0.25, 0.3) is 0 Å². The van der Waals surface area contributed by atoms with Crippen molar-refractivity contribution in [2.75, 3.05) is 18.1 Å². The number of hydrogen-bond donors (Lipinski definition) is 1. The molecule has 4 heterocycles. The Hall–Kier alpha value is -3.03. The number of anilines is 1. The minimum absolute atomic E-state index is 0.283. The Labute approximate surface area is 213 Å². The standard InChI is InChI=1S/C28H37N5O3/c1-18(2)6-4-3-5-7-23-30-26-25-27(32-26)33(14-15-36-28(25)31-23)21-12-13-22(29-17-21)20-10-8-19(9-11-20)16-24(34)35/h12-13,17-20H,3-11,14-16H2,1-2H3,(H,34,35)/t19-,20+.